The van der Waals surface area contributed by atoms with E-state index in [-0.39, 0.29) is 5.92 Å². The molecule has 0 unspecified atom stereocenters. The molecular formula is C78H57N3. The first-order chi connectivity index (χ1) is 40.0. The first-order valence-electron chi connectivity index (χ1n) is 28.7. The molecule has 0 bridgehead atoms. The van der Waals surface area contributed by atoms with E-state index in [2.05, 4.69) is 291 Å². The van der Waals surface area contributed by atoms with Crippen LogP contribution in [0.25, 0.3) is 105 Å². The number of para-hydroxylation sites is 2. The molecule has 3 heterocycles. The molecule has 0 saturated heterocycles. The van der Waals surface area contributed by atoms with Crippen molar-refractivity contribution in [3.05, 3.63) is 305 Å². The summed E-state index contributed by atoms with van der Waals surface area (Å²) >= 11 is 0. The van der Waals surface area contributed by atoms with Gasteiger partial charge in [-0.05, 0) is 134 Å². The fraction of sp³-hybridized carbons (Fsp3) is 0.0897. The van der Waals surface area contributed by atoms with E-state index in [4.69, 9.17) is 4.99 Å². The smallest absolute Gasteiger partial charge is 0.137 e. The zero-order valence-electron chi connectivity index (χ0n) is 45.7. The summed E-state index contributed by atoms with van der Waals surface area (Å²) in [7, 11) is 0. The predicted molar refractivity (Wildman–Crippen MR) is 340 cm³/mol. The standard InChI is InChI=1S/C78H57N3/c1-4-51-48-65(55-43-41-53(42-44-55)52-23-7-5-8-24-52)49(2)50(3)75(79-77(51)81-71-39-20-15-33-64(71)73-58(34-22-40-72(73)81)54-25-9-6-10-26-54)56-27-21-28-57(47-56)80-70-38-19-14-31-61(70)62-45-46-69-74(76(62)80)63-32-13-18-37-68(63)78(69)66-35-16-11-29-59(66)60-30-12-17-36-67(60)78/h5-47,50H,4,48H2,1-3H3/b65-49+,77-51+,79-75+/t50-/m1/s1. The van der Waals surface area contributed by atoms with E-state index in [0.29, 0.717) is 0 Å². The van der Waals surface area contributed by atoms with Gasteiger partial charge in [0.15, 0.2) is 0 Å². The van der Waals surface area contributed by atoms with E-state index in [9.17, 15) is 0 Å². The number of aliphatic imine (C=N–C) groups is 1. The Balaban J connectivity index is 0.950. The van der Waals surface area contributed by atoms with Gasteiger partial charge >= 0.3 is 0 Å². The van der Waals surface area contributed by atoms with E-state index < -0.39 is 5.41 Å². The summed E-state index contributed by atoms with van der Waals surface area (Å²) in [4.78, 5) is 6.16. The molecular weight excluding hydrogens is 979 g/mol. The van der Waals surface area contributed by atoms with Crippen LogP contribution in [0.1, 0.15) is 67.0 Å². The second-order valence-corrected chi connectivity index (χ2v) is 22.4. The summed E-state index contributed by atoms with van der Waals surface area (Å²) in [6.45, 7) is 7.06. The number of hydrogen-bond donors (Lipinski definition) is 0. The normalized spacial score (nSPS) is 17.7. The van der Waals surface area contributed by atoms with Crippen molar-refractivity contribution in [2.45, 2.75) is 39.0 Å². The van der Waals surface area contributed by atoms with Gasteiger partial charge in [-0.2, -0.15) is 0 Å². The topological polar surface area (TPSA) is 22.2 Å². The van der Waals surface area contributed by atoms with Gasteiger partial charge in [-0.15, -0.1) is 0 Å². The van der Waals surface area contributed by atoms with E-state index in [1.807, 2.05) is 0 Å². The minimum absolute atomic E-state index is 0.0398. The molecule has 13 aromatic rings. The molecule has 0 radical (unpaired) electrons. The zero-order chi connectivity index (χ0) is 53.9. The number of rotatable bonds is 7. The molecule has 3 heteroatoms. The van der Waals surface area contributed by atoms with Gasteiger partial charge in [0.1, 0.15) is 5.82 Å². The maximum Gasteiger partial charge on any atom is 0.137 e. The molecule has 2 aliphatic carbocycles. The van der Waals surface area contributed by atoms with Crippen LogP contribution in [-0.2, 0) is 5.41 Å². The summed E-state index contributed by atoms with van der Waals surface area (Å²) in [5.41, 5.74) is 28.2. The highest BCUT2D eigenvalue weighted by Crippen LogP contribution is 2.64. The Hall–Kier alpha value is -9.83. The summed E-state index contributed by atoms with van der Waals surface area (Å²) in [6.07, 6.45) is 1.61. The highest BCUT2D eigenvalue weighted by Gasteiger charge is 2.52. The van der Waals surface area contributed by atoms with E-state index in [0.717, 1.165) is 46.7 Å². The monoisotopic (exact) mass is 1040 g/mol. The Kier molecular flexibility index (Phi) is 10.7. The number of benzene rings is 11. The molecule has 0 N–H and O–H groups in total. The summed E-state index contributed by atoms with van der Waals surface area (Å²) in [5.74, 6) is 0.961. The number of aromatic nitrogens is 2. The van der Waals surface area contributed by atoms with Crippen molar-refractivity contribution in [3.8, 4) is 50.2 Å². The first-order valence-corrected chi connectivity index (χ1v) is 28.7. The van der Waals surface area contributed by atoms with Gasteiger partial charge < -0.3 is 4.57 Å². The van der Waals surface area contributed by atoms with Crippen LogP contribution in [0.15, 0.2) is 277 Å². The Morgan fingerprint density at radius 1 is 0.432 bits per heavy atom. The van der Waals surface area contributed by atoms with Crippen LogP contribution >= 0.6 is 0 Å². The highest BCUT2D eigenvalue weighted by molar-refractivity contribution is 6.19. The summed E-state index contributed by atoms with van der Waals surface area (Å²) in [6, 6.07) is 97.2. The van der Waals surface area contributed by atoms with Gasteiger partial charge in [-0.1, -0.05) is 250 Å². The highest BCUT2D eigenvalue weighted by atomic mass is 15.1. The Morgan fingerprint density at radius 3 is 1.67 bits per heavy atom. The molecule has 11 aromatic carbocycles. The maximum atomic E-state index is 6.16. The zero-order valence-corrected chi connectivity index (χ0v) is 45.7. The SMILES string of the molecule is CC/C1=C(n2c3ccccc3c3c(-c4ccccc4)cccc32)/N=C(/c2cccc(-n3c4ccccc4c4ccc5c(c43)-c3ccccc3C53c4ccccc4-c4ccccc43)c2)[C@H](C)/C(C)=C(/c2ccc(-c3ccccc3)cc2)C1. The largest absolute Gasteiger partial charge is 0.309 e. The van der Waals surface area contributed by atoms with Crippen LogP contribution < -0.4 is 0 Å². The molecule has 2 aromatic heterocycles. The lowest BCUT2D eigenvalue weighted by Crippen LogP contribution is -2.25. The van der Waals surface area contributed by atoms with Crippen molar-refractivity contribution in [1.29, 1.82) is 0 Å². The quantitative estimate of drug-likeness (QED) is 0.152. The average molecular weight is 1040 g/mol. The van der Waals surface area contributed by atoms with Crippen molar-refractivity contribution >= 4 is 60.7 Å². The van der Waals surface area contributed by atoms with Crippen LogP contribution in [0.2, 0.25) is 0 Å². The van der Waals surface area contributed by atoms with Gasteiger partial charge in [0, 0.05) is 38.7 Å². The Labute approximate surface area is 472 Å². The van der Waals surface area contributed by atoms with E-state index >= 15 is 0 Å². The third-order valence-electron chi connectivity index (χ3n) is 18.4. The molecule has 1 spiro atoms. The van der Waals surface area contributed by atoms with Gasteiger partial charge in [0.05, 0.1) is 33.2 Å². The maximum absolute atomic E-state index is 6.16. The van der Waals surface area contributed by atoms with Gasteiger partial charge in [-0.3, -0.25) is 4.57 Å². The fourth-order valence-electron chi connectivity index (χ4n) is 14.6. The predicted octanol–water partition coefficient (Wildman–Crippen LogP) is 20.2. The number of fused-ring (bicyclic) bond motifs is 17. The van der Waals surface area contributed by atoms with Crippen LogP contribution in [0.5, 0.6) is 0 Å². The molecule has 81 heavy (non-hydrogen) atoms. The van der Waals surface area contributed by atoms with Crippen LogP contribution in [0, 0.1) is 5.92 Å². The molecule has 0 fully saturated rings. The van der Waals surface area contributed by atoms with Crippen molar-refractivity contribution in [2.75, 3.05) is 0 Å². The molecule has 3 nitrogen and oxygen atoms in total. The van der Waals surface area contributed by atoms with E-state index in [1.54, 1.807) is 0 Å². The molecule has 3 aliphatic rings. The Morgan fingerprint density at radius 2 is 0.963 bits per heavy atom. The molecule has 16 rings (SSSR count). The minimum atomic E-state index is -0.461. The lowest BCUT2D eigenvalue weighted by atomic mass is 9.70. The second kappa shape index (κ2) is 18.4. The second-order valence-electron chi connectivity index (χ2n) is 22.4. The molecule has 1 aliphatic heterocycles. The first kappa shape index (κ1) is 47.2. The van der Waals surface area contributed by atoms with Crippen molar-refractivity contribution in [2.24, 2.45) is 10.9 Å². The average Bonchev–Trinajstić information content (AvgIpc) is 4.44. The van der Waals surface area contributed by atoms with Gasteiger partial charge in [0.25, 0.3) is 0 Å². The summed E-state index contributed by atoms with van der Waals surface area (Å²) < 4.78 is 5.06. The molecule has 0 amide bonds. The lowest BCUT2D eigenvalue weighted by molar-refractivity contribution is 0.794. The number of nitrogens with zero attached hydrogens (tertiary/aromatic N) is 3. The fourth-order valence-corrected chi connectivity index (χ4v) is 14.6. The Bertz CT molecular complexity index is 4780. The number of hydrogen-bond acceptors (Lipinski definition) is 1. The van der Waals surface area contributed by atoms with Crippen LogP contribution in [0.4, 0.5) is 0 Å². The summed E-state index contributed by atoms with van der Waals surface area (Å²) in [5, 5.41) is 4.95. The minimum Gasteiger partial charge on any atom is -0.309 e. The molecule has 1 atom stereocenters. The third-order valence-corrected chi connectivity index (χ3v) is 18.4. The lowest BCUT2D eigenvalue weighted by Gasteiger charge is -2.30. The third kappa shape index (κ3) is 6.85. The van der Waals surface area contributed by atoms with Gasteiger partial charge in [-0.25, -0.2) is 4.99 Å². The number of allylic oxidation sites excluding steroid dienone is 3. The van der Waals surface area contributed by atoms with E-state index in [1.165, 1.54) is 122 Å². The van der Waals surface area contributed by atoms with Crippen LogP contribution in [0.3, 0.4) is 0 Å². The van der Waals surface area contributed by atoms with Crippen molar-refractivity contribution in [1.82, 2.24) is 9.13 Å². The van der Waals surface area contributed by atoms with Crippen LogP contribution in [-0.4, -0.2) is 14.8 Å². The van der Waals surface area contributed by atoms with Crippen molar-refractivity contribution < 1.29 is 0 Å². The molecule has 384 valence electrons. The molecule has 0 saturated carbocycles. The van der Waals surface area contributed by atoms with Gasteiger partial charge in [0.2, 0.25) is 0 Å². The van der Waals surface area contributed by atoms with Crippen molar-refractivity contribution in [3.63, 3.8) is 0 Å².